The summed E-state index contributed by atoms with van der Waals surface area (Å²) >= 11 is 0. The molecule has 0 saturated carbocycles. The fourth-order valence-corrected chi connectivity index (χ4v) is 6.86. The summed E-state index contributed by atoms with van der Waals surface area (Å²) in [5.41, 5.74) is 2.26. The van der Waals surface area contributed by atoms with Crippen LogP contribution in [0, 0.1) is 5.82 Å². The van der Waals surface area contributed by atoms with Crippen LogP contribution in [0.4, 0.5) is 4.39 Å². The second-order valence-electron chi connectivity index (χ2n) is 9.92. The molecular formula is C30H33FN2O6S. The highest BCUT2D eigenvalue weighted by Gasteiger charge is 2.34. The third-order valence-electron chi connectivity index (χ3n) is 7.54. The molecule has 10 heteroatoms. The van der Waals surface area contributed by atoms with Gasteiger partial charge in [-0.3, -0.25) is 4.79 Å². The van der Waals surface area contributed by atoms with Crippen molar-refractivity contribution >= 4 is 15.9 Å². The summed E-state index contributed by atoms with van der Waals surface area (Å²) < 4.78 is 58.1. The number of methoxy groups -OCH3 is 2. The second-order valence-corrected chi connectivity index (χ2v) is 11.9. The maximum atomic E-state index is 13.8. The second kappa shape index (κ2) is 11.9. The molecular weight excluding hydrogens is 535 g/mol. The molecule has 1 amide bonds. The molecule has 1 fully saturated rings. The quantitative estimate of drug-likeness (QED) is 0.387. The molecule has 2 heterocycles. The van der Waals surface area contributed by atoms with Crippen LogP contribution in [-0.2, 0) is 16.4 Å². The number of fused-ring (bicyclic) bond motifs is 1. The smallest absolute Gasteiger partial charge is 0.254 e. The van der Waals surface area contributed by atoms with Gasteiger partial charge in [-0.25, -0.2) is 12.8 Å². The van der Waals surface area contributed by atoms with Crippen LogP contribution in [-0.4, -0.2) is 64.0 Å². The fraction of sp³-hybridized carbons (Fsp3) is 0.367. The van der Waals surface area contributed by atoms with Crippen LogP contribution in [0.15, 0.2) is 65.6 Å². The summed E-state index contributed by atoms with van der Waals surface area (Å²) in [5.74, 6) is 1.01. The average Bonchev–Trinajstić information content (AvgIpc) is 3.00. The van der Waals surface area contributed by atoms with Gasteiger partial charge in [-0.1, -0.05) is 6.42 Å². The highest BCUT2D eigenvalue weighted by molar-refractivity contribution is 7.89. The van der Waals surface area contributed by atoms with E-state index in [1.54, 1.807) is 43.4 Å². The van der Waals surface area contributed by atoms with Gasteiger partial charge in [0.2, 0.25) is 10.0 Å². The van der Waals surface area contributed by atoms with E-state index in [1.165, 1.54) is 28.6 Å². The Hall–Kier alpha value is -3.63. The molecule has 3 aromatic carbocycles. The minimum absolute atomic E-state index is 0.126. The van der Waals surface area contributed by atoms with Crippen molar-refractivity contribution < 1.29 is 31.8 Å². The summed E-state index contributed by atoms with van der Waals surface area (Å²) in [7, 11) is -0.469. The predicted molar refractivity (Wildman–Crippen MR) is 148 cm³/mol. The summed E-state index contributed by atoms with van der Waals surface area (Å²) in [5, 5.41) is 0. The Morgan fingerprint density at radius 2 is 1.55 bits per heavy atom. The fourth-order valence-electron chi connectivity index (χ4n) is 5.35. The van der Waals surface area contributed by atoms with Gasteiger partial charge in [0.1, 0.15) is 18.2 Å². The van der Waals surface area contributed by atoms with E-state index in [9.17, 15) is 17.6 Å². The number of carbonyl (C=O) groups is 1. The first-order valence-electron chi connectivity index (χ1n) is 13.4. The number of carbonyl (C=O) groups excluding carboxylic acids is 1. The Labute approximate surface area is 234 Å². The molecule has 0 unspecified atom stereocenters. The van der Waals surface area contributed by atoms with Crippen molar-refractivity contribution in [2.45, 2.75) is 36.6 Å². The van der Waals surface area contributed by atoms with Crippen molar-refractivity contribution in [2.75, 3.05) is 40.5 Å². The lowest BCUT2D eigenvalue weighted by Gasteiger charge is -2.37. The van der Waals surface area contributed by atoms with Gasteiger partial charge < -0.3 is 19.1 Å². The first kappa shape index (κ1) is 27.9. The molecule has 0 N–H and O–H groups in total. The van der Waals surface area contributed by atoms with Gasteiger partial charge in [0.15, 0.2) is 11.5 Å². The number of amides is 1. The van der Waals surface area contributed by atoms with Crippen molar-refractivity contribution in [3.63, 3.8) is 0 Å². The lowest BCUT2D eigenvalue weighted by atomic mass is 9.91. The van der Waals surface area contributed by atoms with Crippen LogP contribution < -0.4 is 14.2 Å². The molecule has 3 aromatic rings. The number of sulfonamides is 1. The third-order valence-corrected chi connectivity index (χ3v) is 9.45. The van der Waals surface area contributed by atoms with E-state index in [1.807, 2.05) is 12.1 Å². The molecule has 2 aliphatic rings. The van der Waals surface area contributed by atoms with Gasteiger partial charge in [0.05, 0.1) is 25.2 Å². The maximum absolute atomic E-state index is 13.8. The highest BCUT2D eigenvalue weighted by atomic mass is 32.2. The minimum atomic E-state index is -3.60. The number of rotatable bonds is 8. The molecule has 40 heavy (non-hydrogen) atoms. The summed E-state index contributed by atoms with van der Waals surface area (Å²) in [4.78, 5) is 15.7. The van der Waals surface area contributed by atoms with E-state index in [4.69, 9.17) is 14.2 Å². The summed E-state index contributed by atoms with van der Waals surface area (Å²) in [6.07, 6.45) is 3.33. The molecule has 2 aliphatic heterocycles. The topological polar surface area (TPSA) is 85.4 Å². The van der Waals surface area contributed by atoms with Gasteiger partial charge in [-0.2, -0.15) is 4.31 Å². The number of benzene rings is 3. The number of hydrogen-bond donors (Lipinski definition) is 0. The Balaban J connectivity index is 1.43. The van der Waals surface area contributed by atoms with Crippen molar-refractivity contribution in [3.05, 3.63) is 83.2 Å². The lowest BCUT2D eigenvalue weighted by Crippen LogP contribution is -2.42. The molecule has 0 spiro atoms. The minimum Gasteiger partial charge on any atom is -0.493 e. The SMILES string of the molecule is COc1cc2c(cc1OC)[C@@H](COc1ccc(F)cc1)N(C(=O)c1ccc(S(=O)(=O)N3CCCCC3)cc1)CC2. The first-order chi connectivity index (χ1) is 19.3. The molecule has 0 aliphatic carbocycles. The van der Waals surface area contributed by atoms with Gasteiger partial charge in [0, 0.05) is 25.2 Å². The first-order valence-corrected chi connectivity index (χ1v) is 14.8. The van der Waals surface area contributed by atoms with Crippen molar-refractivity contribution in [1.29, 1.82) is 0 Å². The summed E-state index contributed by atoms with van der Waals surface area (Å²) in [6.45, 7) is 1.58. The Morgan fingerprint density at radius 1 is 0.900 bits per heavy atom. The molecule has 0 bridgehead atoms. The van der Waals surface area contributed by atoms with Crippen LogP contribution in [0.25, 0.3) is 0 Å². The molecule has 0 aromatic heterocycles. The predicted octanol–water partition coefficient (Wildman–Crippen LogP) is 4.84. The normalized spacial score (nSPS) is 17.7. The van der Waals surface area contributed by atoms with E-state index in [0.29, 0.717) is 48.9 Å². The third kappa shape index (κ3) is 5.64. The molecule has 1 saturated heterocycles. The van der Waals surface area contributed by atoms with Gasteiger partial charge in [0.25, 0.3) is 5.91 Å². The Bertz CT molecular complexity index is 1450. The number of piperidine rings is 1. The average molecular weight is 569 g/mol. The number of hydrogen-bond acceptors (Lipinski definition) is 6. The van der Waals surface area contributed by atoms with Crippen LogP contribution in [0.2, 0.25) is 0 Å². The zero-order chi connectivity index (χ0) is 28.3. The Kier molecular flexibility index (Phi) is 8.27. The molecule has 1 atom stereocenters. The van der Waals surface area contributed by atoms with E-state index in [0.717, 1.165) is 30.4 Å². The van der Waals surface area contributed by atoms with Crippen LogP contribution in [0.1, 0.15) is 46.8 Å². The maximum Gasteiger partial charge on any atom is 0.254 e. The largest absolute Gasteiger partial charge is 0.493 e. The number of nitrogens with zero attached hydrogens (tertiary/aromatic N) is 2. The standard InChI is InChI=1S/C30H33FN2O6S/c1-37-28-18-22-14-17-33(27(26(22)19-29(28)38-2)20-39-24-10-8-23(31)9-11-24)30(34)21-6-12-25(13-7-21)40(35,36)32-15-4-3-5-16-32/h6-13,18-19,27H,3-5,14-17,20H2,1-2H3/t27-/m1/s1. The molecule has 5 rings (SSSR count). The highest BCUT2D eigenvalue weighted by Crippen LogP contribution is 2.39. The van der Waals surface area contributed by atoms with Crippen LogP contribution in [0.5, 0.6) is 17.2 Å². The van der Waals surface area contributed by atoms with Gasteiger partial charge >= 0.3 is 0 Å². The van der Waals surface area contributed by atoms with E-state index in [-0.39, 0.29) is 23.2 Å². The van der Waals surface area contributed by atoms with Gasteiger partial charge in [-0.15, -0.1) is 0 Å². The number of halogens is 1. The van der Waals surface area contributed by atoms with Crippen molar-refractivity contribution in [1.82, 2.24) is 9.21 Å². The zero-order valence-corrected chi connectivity index (χ0v) is 23.5. The Morgan fingerprint density at radius 3 is 2.20 bits per heavy atom. The van der Waals surface area contributed by atoms with Crippen molar-refractivity contribution in [3.8, 4) is 17.2 Å². The van der Waals surface area contributed by atoms with Crippen LogP contribution >= 0.6 is 0 Å². The lowest BCUT2D eigenvalue weighted by molar-refractivity contribution is 0.0589. The van der Waals surface area contributed by atoms with E-state index < -0.39 is 16.1 Å². The van der Waals surface area contributed by atoms with Crippen molar-refractivity contribution in [2.24, 2.45) is 0 Å². The van der Waals surface area contributed by atoms with E-state index >= 15 is 0 Å². The van der Waals surface area contributed by atoms with E-state index in [2.05, 4.69) is 0 Å². The molecule has 0 radical (unpaired) electrons. The summed E-state index contributed by atoms with van der Waals surface area (Å²) in [6, 6.07) is 15.2. The van der Waals surface area contributed by atoms with Crippen LogP contribution in [0.3, 0.4) is 0 Å². The zero-order valence-electron chi connectivity index (χ0n) is 22.6. The monoisotopic (exact) mass is 568 g/mol. The molecule has 8 nitrogen and oxygen atoms in total. The number of ether oxygens (including phenoxy) is 3. The van der Waals surface area contributed by atoms with Gasteiger partial charge in [-0.05, 0) is 91.1 Å². The molecule has 212 valence electrons.